The minimum absolute atomic E-state index is 0. The predicted octanol–water partition coefficient (Wildman–Crippen LogP) is 4.38. The third kappa shape index (κ3) is 4.10. The highest BCUT2D eigenvalue weighted by Crippen LogP contribution is 2.32. The molecule has 1 atom stereocenters. The zero-order valence-electron chi connectivity index (χ0n) is 16.6. The molecular formula is C21H24Cl2N4O2. The summed E-state index contributed by atoms with van der Waals surface area (Å²) in [5, 5.41) is 8.97. The summed E-state index contributed by atoms with van der Waals surface area (Å²) >= 11 is 6.41. The number of benzene rings is 1. The molecule has 1 unspecified atom stereocenters. The highest BCUT2D eigenvalue weighted by molar-refractivity contribution is 6.31. The van der Waals surface area contributed by atoms with Crippen LogP contribution < -0.4 is 5.32 Å². The van der Waals surface area contributed by atoms with E-state index in [4.69, 9.17) is 16.1 Å². The molecule has 0 radical (unpaired) electrons. The summed E-state index contributed by atoms with van der Waals surface area (Å²) in [6, 6.07) is 9.38. The Hall–Kier alpha value is -2.15. The van der Waals surface area contributed by atoms with E-state index in [1.807, 2.05) is 35.2 Å². The Morgan fingerprint density at radius 3 is 2.79 bits per heavy atom. The van der Waals surface area contributed by atoms with Gasteiger partial charge in [-0.05, 0) is 17.7 Å². The molecule has 0 aliphatic carbocycles. The van der Waals surface area contributed by atoms with Crippen molar-refractivity contribution in [1.82, 2.24) is 20.4 Å². The molecule has 0 saturated carbocycles. The van der Waals surface area contributed by atoms with E-state index in [-0.39, 0.29) is 29.8 Å². The molecule has 3 aromatic rings. The fourth-order valence-corrected chi connectivity index (χ4v) is 3.89. The molecule has 4 rings (SSSR count). The molecule has 1 N–H and O–H groups in total. The standard InChI is InChI=1S/C21H23ClN4O2.ClH/c1-21(2,3)18-15-10-13(11-24-19(15)28-25-18)20(27)26-9-8-23-12-17(26)14-6-4-5-7-16(14)22;/h4-7,10-11,17,23H,8-9,12H2,1-3H3;1H. The first-order valence-corrected chi connectivity index (χ1v) is 9.76. The maximum Gasteiger partial charge on any atom is 0.257 e. The predicted molar refractivity (Wildman–Crippen MR) is 116 cm³/mol. The average Bonchev–Trinajstić information content (AvgIpc) is 3.11. The molecule has 6 nitrogen and oxygen atoms in total. The first-order valence-electron chi connectivity index (χ1n) is 9.38. The second-order valence-corrected chi connectivity index (χ2v) is 8.51. The third-order valence-corrected chi connectivity index (χ3v) is 5.40. The summed E-state index contributed by atoms with van der Waals surface area (Å²) in [7, 11) is 0. The minimum Gasteiger partial charge on any atom is -0.336 e. The van der Waals surface area contributed by atoms with Crippen LogP contribution in [0.3, 0.4) is 0 Å². The highest BCUT2D eigenvalue weighted by Gasteiger charge is 2.31. The van der Waals surface area contributed by atoms with E-state index in [0.29, 0.717) is 29.4 Å². The number of pyridine rings is 1. The zero-order chi connectivity index (χ0) is 19.9. The van der Waals surface area contributed by atoms with Crippen molar-refractivity contribution in [2.24, 2.45) is 0 Å². The van der Waals surface area contributed by atoms with Crippen molar-refractivity contribution >= 4 is 41.0 Å². The van der Waals surface area contributed by atoms with Crippen LogP contribution in [-0.2, 0) is 5.41 Å². The second kappa shape index (κ2) is 8.30. The molecule has 3 heterocycles. The summed E-state index contributed by atoms with van der Waals surface area (Å²) in [4.78, 5) is 19.6. The maximum atomic E-state index is 13.4. The first-order chi connectivity index (χ1) is 13.4. The van der Waals surface area contributed by atoms with Gasteiger partial charge in [-0.2, -0.15) is 0 Å². The van der Waals surface area contributed by atoms with Crippen molar-refractivity contribution in [3.05, 3.63) is 58.4 Å². The lowest BCUT2D eigenvalue weighted by molar-refractivity contribution is 0.0634. The molecule has 29 heavy (non-hydrogen) atoms. The number of fused-ring (bicyclic) bond motifs is 1. The van der Waals surface area contributed by atoms with Crippen molar-refractivity contribution in [2.75, 3.05) is 19.6 Å². The number of carbonyl (C=O) groups is 1. The van der Waals surface area contributed by atoms with Gasteiger partial charge < -0.3 is 14.7 Å². The van der Waals surface area contributed by atoms with Crippen LogP contribution in [0.4, 0.5) is 0 Å². The Labute approximate surface area is 181 Å². The SMILES string of the molecule is CC(C)(C)c1noc2ncc(C(=O)N3CCNCC3c3ccccc3Cl)cc12.Cl. The van der Waals surface area contributed by atoms with Crippen LogP contribution in [0, 0.1) is 0 Å². The van der Waals surface area contributed by atoms with E-state index in [2.05, 4.69) is 36.2 Å². The molecule has 154 valence electrons. The number of aromatic nitrogens is 2. The van der Waals surface area contributed by atoms with Crippen molar-refractivity contribution < 1.29 is 9.32 Å². The van der Waals surface area contributed by atoms with E-state index in [9.17, 15) is 4.79 Å². The topological polar surface area (TPSA) is 71.3 Å². The fraction of sp³-hybridized carbons (Fsp3) is 0.381. The molecule has 1 fully saturated rings. The Morgan fingerprint density at radius 1 is 1.31 bits per heavy atom. The van der Waals surface area contributed by atoms with Gasteiger partial charge in [0.2, 0.25) is 0 Å². The van der Waals surface area contributed by atoms with Crippen LogP contribution in [0.25, 0.3) is 11.1 Å². The highest BCUT2D eigenvalue weighted by atomic mass is 35.5. The number of nitrogens with zero attached hydrogens (tertiary/aromatic N) is 3. The molecule has 1 aliphatic heterocycles. The van der Waals surface area contributed by atoms with E-state index >= 15 is 0 Å². The van der Waals surface area contributed by atoms with E-state index in [1.165, 1.54) is 0 Å². The third-order valence-electron chi connectivity index (χ3n) is 5.06. The van der Waals surface area contributed by atoms with Gasteiger partial charge in [0.25, 0.3) is 11.6 Å². The number of rotatable bonds is 2. The molecule has 1 amide bonds. The molecular weight excluding hydrogens is 411 g/mol. The number of amides is 1. The summed E-state index contributed by atoms with van der Waals surface area (Å²) in [5.74, 6) is -0.0677. The van der Waals surface area contributed by atoms with E-state index in [0.717, 1.165) is 23.2 Å². The van der Waals surface area contributed by atoms with E-state index in [1.54, 1.807) is 6.20 Å². The van der Waals surface area contributed by atoms with Gasteiger partial charge in [-0.1, -0.05) is 55.7 Å². The molecule has 2 aromatic heterocycles. The summed E-state index contributed by atoms with van der Waals surface area (Å²) in [6.07, 6.45) is 1.56. The van der Waals surface area contributed by atoms with Gasteiger partial charge in [-0.3, -0.25) is 4.79 Å². The molecule has 1 aromatic carbocycles. The van der Waals surface area contributed by atoms with Gasteiger partial charge in [0.15, 0.2) is 0 Å². The van der Waals surface area contributed by atoms with Gasteiger partial charge in [-0.15, -0.1) is 12.4 Å². The zero-order valence-corrected chi connectivity index (χ0v) is 18.2. The summed E-state index contributed by atoms with van der Waals surface area (Å²) < 4.78 is 5.35. The Bertz CT molecular complexity index is 1030. The number of hydrogen-bond donors (Lipinski definition) is 1. The van der Waals surface area contributed by atoms with Crippen LogP contribution in [0.1, 0.15) is 48.4 Å². The lowest BCUT2D eigenvalue weighted by atomic mass is 9.90. The Kier molecular flexibility index (Phi) is 6.17. The van der Waals surface area contributed by atoms with Gasteiger partial charge in [0.05, 0.1) is 22.7 Å². The quantitative estimate of drug-likeness (QED) is 0.647. The first kappa shape index (κ1) is 21.6. The molecule has 1 saturated heterocycles. The van der Waals surface area contributed by atoms with Crippen molar-refractivity contribution in [3.8, 4) is 0 Å². The van der Waals surface area contributed by atoms with Crippen molar-refractivity contribution in [3.63, 3.8) is 0 Å². The minimum atomic E-state index is -0.205. The Balaban J connectivity index is 0.00000240. The van der Waals surface area contributed by atoms with Crippen molar-refractivity contribution in [2.45, 2.75) is 32.2 Å². The summed E-state index contributed by atoms with van der Waals surface area (Å²) in [5.41, 5.74) is 2.51. The second-order valence-electron chi connectivity index (χ2n) is 8.10. The Morgan fingerprint density at radius 2 is 2.07 bits per heavy atom. The van der Waals surface area contributed by atoms with Gasteiger partial charge in [0.1, 0.15) is 0 Å². The molecule has 1 aliphatic rings. The summed E-state index contributed by atoms with van der Waals surface area (Å²) in [6.45, 7) is 8.17. The van der Waals surface area contributed by atoms with Crippen LogP contribution in [0.2, 0.25) is 5.02 Å². The fourth-order valence-electron chi connectivity index (χ4n) is 3.63. The number of nitrogens with one attached hydrogen (secondary N) is 1. The van der Waals surface area contributed by atoms with Crippen LogP contribution >= 0.6 is 24.0 Å². The van der Waals surface area contributed by atoms with Crippen LogP contribution in [-0.4, -0.2) is 40.6 Å². The lowest BCUT2D eigenvalue weighted by Gasteiger charge is -2.37. The van der Waals surface area contributed by atoms with Gasteiger partial charge in [-0.25, -0.2) is 4.98 Å². The molecule has 8 heteroatoms. The smallest absolute Gasteiger partial charge is 0.257 e. The number of piperazine rings is 1. The lowest BCUT2D eigenvalue weighted by Crippen LogP contribution is -2.48. The van der Waals surface area contributed by atoms with Crippen LogP contribution in [0.15, 0.2) is 41.1 Å². The van der Waals surface area contributed by atoms with Gasteiger partial charge in [0, 0.05) is 36.3 Å². The van der Waals surface area contributed by atoms with E-state index < -0.39 is 0 Å². The monoisotopic (exact) mass is 434 g/mol. The van der Waals surface area contributed by atoms with Crippen molar-refractivity contribution in [1.29, 1.82) is 0 Å². The maximum absolute atomic E-state index is 13.4. The number of halogens is 2. The number of hydrogen-bond acceptors (Lipinski definition) is 5. The largest absolute Gasteiger partial charge is 0.336 e. The molecule has 0 spiro atoms. The average molecular weight is 435 g/mol. The number of carbonyl (C=O) groups excluding carboxylic acids is 1. The van der Waals surface area contributed by atoms with Gasteiger partial charge >= 0.3 is 0 Å². The molecule has 0 bridgehead atoms. The normalized spacial score (nSPS) is 17.2. The van der Waals surface area contributed by atoms with Crippen LogP contribution in [0.5, 0.6) is 0 Å².